The lowest BCUT2D eigenvalue weighted by Gasteiger charge is -2.33. The zero-order valence-corrected chi connectivity index (χ0v) is 16.0. The van der Waals surface area contributed by atoms with Crippen LogP contribution in [0.15, 0.2) is 10.6 Å². The van der Waals surface area contributed by atoms with Gasteiger partial charge in [-0.3, -0.25) is 9.88 Å². The van der Waals surface area contributed by atoms with Crippen LogP contribution in [0.4, 0.5) is 0 Å². The summed E-state index contributed by atoms with van der Waals surface area (Å²) in [5.41, 5.74) is 3.27. The van der Waals surface area contributed by atoms with Crippen molar-refractivity contribution in [1.82, 2.24) is 20.1 Å². The molecule has 2 fully saturated rings. The van der Waals surface area contributed by atoms with E-state index in [1.54, 1.807) is 7.11 Å². The molecule has 140 valence electrons. The highest BCUT2D eigenvalue weighted by atomic mass is 16.5. The molecule has 4 rings (SSSR count). The molecule has 3 heterocycles. The van der Waals surface area contributed by atoms with Gasteiger partial charge in [0, 0.05) is 29.8 Å². The van der Waals surface area contributed by atoms with E-state index < -0.39 is 0 Å². The highest BCUT2D eigenvalue weighted by Gasteiger charge is 2.32. The Labute approximate surface area is 155 Å². The predicted molar refractivity (Wildman–Crippen MR) is 98.2 cm³/mol. The summed E-state index contributed by atoms with van der Waals surface area (Å²) >= 11 is 0. The first-order chi connectivity index (χ1) is 12.7. The lowest BCUT2D eigenvalue weighted by atomic mass is 9.85. The second-order valence-electron chi connectivity index (χ2n) is 7.63. The Balaban J connectivity index is 1.55. The topological polar surface area (TPSA) is 64.3 Å². The maximum Gasteiger partial charge on any atom is 0.233 e. The van der Waals surface area contributed by atoms with Gasteiger partial charge < -0.3 is 9.15 Å². The van der Waals surface area contributed by atoms with Crippen molar-refractivity contribution in [2.45, 2.75) is 70.9 Å². The largest absolute Gasteiger partial charge is 0.496 e. The quantitative estimate of drug-likeness (QED) is 0.804. The van der Waals surface area contributed by atoms with Crippen LogP contribution < -0.4 is 4.74 Å². The fourth-order valence-electron chi connectivity index (χ4n) is 4.08. The molecule has 1 aliphatic carbocycles. The fourth-order valence-corrected chi connectivity index (χ4v) is 4.08. The Kier molecular flexibility index (Phi) is 4.94. The molecule has 26 heavy (non-hydrogen) atoms. The SMILES string of the molecule is COc1c(C)cnc(CN2CCCCC2c2nnc(C3CCC3)o2)c1C. The molecule has 0 radical (unpaired) electrons. The van der Waals surface area contributed by atoms with Gasteiger partial charge in [-0.1, -0.05) is 12.8 Å². The molecule has 0 aromatic carbocycles. The van der Waals surface area contributed by atoms with Crippen molar-refractivity contribution in [3.63, 3.8) is 0 Å². The van der Waals surface area contributed by atoms with Gasteiger partial charge in [0.15, 0.2) is 0 Å². The first-order valence-electron chi connectivity index (χ1n) is 9.73. The molecule has 1 unspecified atom stereocenters. The van der Waals surface area contributed by atoms with Crippen molar-refractivity contribution in [2.75, 3.05) is 13.7 Å². The second-order valence-corrected chi connectivity index (χ2v) is 7.63. The number of methoxy groups -OCH3 is 1. The Morgan fingerprint density at radius 2 is 1.92 bits per heavy atom. The van der Waals surface area contributed by atoms with Crippen LogP contribution in [0, 0.1) is 13.8 Å². The minimum absolute atomic E-state index is 0.193. The number of nitrogens with zero attached hydrogens (tertiary/aromatic N) is 4. The number of aryl methyl sites for hydroxylation is 1. The van der Waals surface area contributed by atoms with Crippen molar-refractivity contribution in [3.8, 4) is 5.75 Å². The maximum atomic E-state index is 6.08. The molecule has 0 spiro atoms. The maximum absolute atomic E-state index is 6.08. The molecular weight excluding hydrogens is 328 g/mol. The standard InChI is InChI=1S/C20H28N4O2/c1-13-11-21-16(14(2)18(13)25-3)12-24-10-5-4-9-17(24)20-23-22-19(26-20)15-7-6-8-15/h11,15,17H,4-10,12H2,1-3H3. The van der Waals surface area contributed by atoms with Gasteiger partial charge in [0.1, 0.15) is 5.75 Å². The molecule has 2 aliphatic rings. The number of pyridine rings is 1. The zero-order valence-electron chi connectivity index (χ0n) is 16.0. The lowest BCUT2D eigenvalue weighted by molar-refractivity contribution is 0.113. The number of likely N-dealkylation sites (tertiary alicyclic amines) is 1. The molecule has 1 aliphatic heterocycles. The average molecular weight is 356 g/mol. The predicted octanol–water partition coefficient (Wildman–Crippen LogP) is 4.08. The van der Waals surface area contributed by atoms with Gasteiger partial charge in [-0.25, -0.2) is 0 Å². The van der Waals surface area contributed by atoms with E-state index in [0.717, 1.165) is 53.9 Å². The Bertz CT molecular complexity index is 769. The molecule has 0 amide bonds. The minimum atomic E-state index is 0.193. The van der Waals surface area contributed by atoms with Crippen LogP contribution in [0.3, 0.4) is 0 Å². The normalized spacial score (nSPS) is 21.6. The van der Waals surface area contributed by atoms with Gasteiger partial charge in [0.05, 0.1) is 18.8 Å². The first kappa shape index (κ1) is 17.5. The third-order valence-corrected chi connectivity index (χ3v) is 5.91. The van der Waals surface area contributed by atoms with E-state index >= 15 is 0 Å². The van der Waals surface area contributed by atoms with Crippen molar-refractivity contribution < 1.29 is 9.15 Å². The van der Waals surface area contributed by atoms with Crippen molar-refractivity contribution in [3.05, 3.63) is 34.8 Å². The molecular formula is C20H28N4O2. The Morgan fingerprint density at radius 3 is 2.65 bits per heavy atom. The molecule has 6 heteroatoms. The van der Waals surface area contributed by atoms with Gasteiger partial charge in [0.2, 0.25) is 11.8 Å². The minimum Gasteiger partial charge on any atom is -0.496 e. The van der Waals surface area contributed by atoms with E-state index in [1.165, 1.54) is 32.1 Å². The van der Waals surface area contributed by atoms with Crippen molar-refractivity contribution >= 4 is 0 Å². The molecule has 2 aromatic rings. The van der Waals surface area contributed by atoms with Gasteiger partial charge in [-0.05, 0) is 46.1 Å². The van der Waals surface area contributed by atoms with Crippen LogP contribution in [-0.2, 0) is 6.54 Å². The van der Waals surface area contributed by atoms with Crippen molar-refractivity contribution in [1.29, 1.82) is 0 Å². The number of ether oxygens (including phenoxy) is 1. The van der Waals surface area contributed by atoms with E-state index in [9.17, 15) is 0 Å². The molecule has 2 aromatic heterocycles. The third-order valence-electron chi connectivity index (χ3n) is 5.91. The van der Waals surface area contributed by atoms with Crippen LogP contribution in [0.1, 0.15) is 79.1 Å². The average Bonchev–Trinajstić information content (AvgIpc) is 3.06. The third kappa shape index (κ3) is 3.22. The van der Waals surface area contributed by atoms with Crippen molar-refractivity contribution in [2.24, 2.45) is 0 Å². The number of rotatable bonds is 5. The summed E-state index contributed by atoms with van der Waals surface area (Å²) in [5.74, 6) is 3.04. The van der Waals surface area contributed by atoms with Crippen LogP contribution in [0.25, 0.3) is 0 Å². The van der Waals surface area contributed by atoms with E-state index in [0.29, 0.717) is 5.92 Å². The summed E-state index contributed by atoms with van der Waals surface area (Å²) in [6, 6.07) is 0.193. The summed E-state index contributed by atoms with van der Waals surface area (Å²) in [4.78, 5) is 7.11. The monoisotopic (exact) mass is 356 g/mol. The first-order valence-corrected chi connectivity index (χ1v) is 9.73. The summed E-state index contributed by atoms with van der Waals surface area (Å²) in [7, 11) is 1.73. The van der Waals surface area contributed by atoms with Crippen LogP contribution in [0.5, 0.6) is 5.75 Å². The van der Waals surface area contributed by atoms with Gasteiger partial charge in [0.25, 0.3) is 0 Å². The molecule has 1 saturated carbocycles. The van der Waals surface area contributed by atoms with Gasteiger partial charge in [-0.15, -0.1) is 10.2 Å². The van der Waals surface area contributed by atoms with E-state index in [4.69, 9.17) is 9.15 Å². The summed E-state index contributed by atoms with van der Waals surface area (Å²) in [6.45, 7) is 5.94. The Hall–Kier alpha value is -1.95. The number of aromatic nitrogens is 3. The summed E-state index contributed by atoms with van der Waals surface area (Å²) in [6.07, 6.45) is 9.01. The second kappa shape index (κ2) is 7.35. The molecule has 6 nitrogen and oxygen atoms in total. The Morgan fingerprint density at radius 1 is 1.12 bits per heavy atom. The lowest BCUT2D eigenvalue weighted by Crippen LogP contribution is -2.33. The fraction of sp³-hybridized carbons (Fsp3) is 0.650. The zero-order chi connectivity index (χ0) is 18.1. The van der Waals surface area contributed by atoms with Crippen LogP contribution >= 0.6 is 0 Å². The molecule has 0 N–H and O–H groups in total. The number of piperidine rings is 1. The number of hydrogen-bond acceptors (Lipinski definition) is 6. The van der Waals surface area contributed by atoms with E-state index in [2.05, 4.69) is 27.0 Å². The van der Waals surface area contributed by atoms with Gasteiger partial charge >= 0.3 is 0 Å². The van der Waals surface area contributed by atoms with Crippen LogP contribution in [-0.4, -0.2) is 33.7 Å². The summed E-state index contributed by atoms with van der Waals surface area (Å²) < 4.78 is 11.6. The van der Waals surface area contributed by atoms with Crippen LogP contribution in [0.2, 0.25) is 0 Å². The van der Waals surface area contributed by atoms with Gasteiger partial charge in [-0.2, -0.15) is 0 Å². The van der Waals surface area contributed by atoms with E-state index in [1.807, 2.05) is 13.1 Å². The molecule has 1 saturated heterocycles. The number of hydrogen-bond donors (Lipinski definition) is 0. The highest BCUT2D eigenvalue weighted by Crippen LogP contribution is 2.38. The summed E-state index contributed by atoms with van der Waals surface area (Å²) in [5, 5.41) is 8.73. The smallest absolute Gasteiger partial charge is 0.233 e. The molecule has 1 atom stereocenters. The highest BCUT2D eigenvalue weighted by molar-refractivity contribution is 5.41. The molecule has 0 bridgehead atoms. The van der Waals surface area contributed by atoms with E-state index in [-0.39, 0.29) is 6.04 Å².